The molecule has 288 valence electrons. The Labute approximate surface area is 321 Å². The minimum atomic E-state index is -0.483. The van der Waals surface area contributed by atoms with E-state index in [1.54, 1.807) is 17.3 Å². The molecule has 55 heavy (non-hydrogen) atoms. The average molecular weight is 748 g/mol. The van der Waals surface area contributed by atoms with Crippen LogP contribution in [0.25, 0.3) is 0 Å². The maximum Gasteiger partial charge on any atom is 0.410 e. The number of piperidine rings is 1. The Bertz CT molecular complexity index is 1940. The van der Waals surface area contributed by atoms with E-state index in [9.17, 15) is 4.79 Å². The Morgan fingerprint density at radius 3 is 1.58 bits per heavy atom. The van der Waals surface area contributed by atoms with Crippen LogP contribution in [-0.2, 0) is 4.74 Å². The maximum atomic E-state index is 12.2. The molecular formula is C38H49N15O2. The van der Waals surface area contributed by atoms with Crippen LogP contribution in [0.4, 0.5) is 50.8 Å². The third-order valence-electron chi connectivity index (χ3n) is 9.07. The van der Waals surface area contributed by atoms with Crippen LogP contribution >= 0.6 is 0 Å². The van der Waals surface area contributed by atoms with E-state index in [4.69, 9.17) is 26.7 Å². The summed E-state index contributed by atoms with van der Waals surface area (Å²) in [6, 6.07) is 7.55. The highest BCUT2D eigenvalue weighted by Gasteiger charge is 2.27. The summed E-state index contributed by atoms with van der Waals surface area (Å²) >= 11 is 0. The van der Waals surface area contributed by atoms with Crippen molar-refractivity contribution in [2.45, 2.75) is 71.3 Å². The predicted molar refractivity (Wildman–Crippen MR) is 211 cm³/mol. The van der Waals surface area contributed by atoms with Crippen molar-refractivity contribution in [3.63, 3.8) is 0 Å². The first-order chi connectivity index (χ1) is 26.5. The van der Waals surface area contributed by atoms with Crippen molar-refractivity contribution < 1.29 is 9.53 Å². The van der Waals surface area contributed by atoms with Gasteiger partial charge in [0.1, 0.15) is 41.0 Å². The molecule has 1 saturated heterocycles. The van der Waals surface area contributed by atoms with E-state index in [-0.39, 0.29) is 17.5 Å². The van der Waals surface area contributed by atoms with Crippen molar-refractivity contribution in [2.24, 2.45) is 11.8 Å². The lowest BCUT2D eigenvalue weighted by atomic mass is 9.89. The van der Waals surface area contributed by atoms with Crippen molar-refractivity contribution in [3.8, 4) is 12.1 Å². The molecule has 1 aliphatic carbocycles. The zero-order valence-corrected chi connectivity index (χ0v) is 31.5. The number of aromatic nitrogens is 6. The molecule has 4 aromatic heterocycles. The van der Waals surface area contributed by atoms with Crippen LogP contribution in [0.1, 0.15) is 77.1 Å². The molecule has 17 nitrogen and oxygen atoms in total. The van der Waals surface area contributed by atoms with Gasteiger partial charge in [-0.1, -0.05) is 19.3 Å². The Morgan fingerprint density at radius 2 is 1.16 bits per heavy atom. The predicted octanol–water partition coefficient (Wildman–Crippen LogP) is 6.19. The molecule has 6 rings (SSSR count). The number of rotatable bonds is 10. The summed E-state index contributed by atoms with van der Waals surface area (Å²) in [6.07, 6.45) is 17.1. The van der Waals surface area contributed by atoms with Gasteiger partial charge in [-0.25, -0.2) is 34.7 Å². The molecule has 0 bridgehead atoms. The van der Waals surface area contributed by atoms with Gasteiger partial charge in [0.15, 0.2) is 11.4 Å². The lowest BCUT2D eigenvalue weighted by molar-refractivity contribution is 0.0188. The van der Waals surface area contributed by atoms with Crippen LogP contribution in [0.15, 0.2) is 49.3 Å². The molecule has 17 heteroatoms. The van der Waals surface area contributed by atoms with Gasteiger partial charge in [-0.15, -0.1) is 0 Å². The summed E-state index contributed by atoms with van der Waals surface area (Å²) in [5.74, 6) is 3.35. The SMILES string of the molecule is CC(C)(C)OC(=O)N1CCC(CNc2cc(Nc3cnc(C#N)cn3)ncc2N)CC1.N#Cc1cnc(Nc2cc(NCC3CCCCC3)c(N)cn2)cn1. The molecule has 0 atom stereocenters. The highest BCUT2D eigenvalue weighted by atomic mass is 16.6. The van der Waals surface area contributed by atoms with Gasteiger partial charge in [0.05, 0.1) is 59.9 Å². The zero-order chi connectivity index (χ0) is 39.2. The monoisotopic (exact) mass is 747 g/mol. The number of ether oxygens (including phenoxy) is 1. The molecule has 2 fully saturated rings. The van der Waals surface area contributed by atoms with Crippen LogP contribution in [0.2, 0.25) is 0 Å². The second kappa shape index (κ2) is 19.0. The van der Waals surface area contributed by atoms with E-state index < -0.39 is 5.60 Å². The van der Waals surface area contributed by atoms with E-state index >= 15 is 0 Å². The summed E-state index contributed by atoms with van der Waals surface area (Å²) < 4.78 is 5.45. The van der Waals surface area contributed by atoms with E-state index in [1.165, 1.54) is 56.9 Å². The number of hydrogen-bond donors (Lipinski definition) is 6. The van der Waals surface area contributed by atoms with Crippen molar-refractivity contribution in [1.29, 1.82) is 10.5 Å². The van der Waals surface area contributed by atoms with Gasteiger partial charge in [0, 0.05) is 38.3 Å². The molecule has 2 aliphatic rings. The molecule has 0 radical (unpaired) electrons. The number of nitriles is 2. The molecule has 1 aliphatic heterocycles. The summed E-state index contributed by atoms with van der Waals surface area (Å²) in [5, 5.41) is 30.5. The topological polar surface area (TPSA) is 255 Å². The van der Waals surface area contributed by atoms with Gasteiger partial charge in [0.2, 0.25) is 0 Å². The minimum absolute atomic E-state index is 0.246. The summed E-state index contributed by atoms with van der Waals surface area (Å²) in [6.45, 7) is 8.65. The maximum absolute atomic E-state index is 12.2. The fraction of sp³-hybridized carbons (Fsp3) is 0.447. The standard InChI is InChI=1S/C21H28N8O2.C17H21N7/c1-21(2,3)31-20(30)29-6-4-14(5-7-29)10-25-17-8-18(27-12-16(17)23)28-19-13-24-15(9-22)11-26-19;18-7-13-9-22-17(11-20-13)24-16-6-15(14(19)10-23-16)21-8-12-4-2-1-3-5-12/h8,11-14H,4-7,10,23H2,1-3H3,(H2,25,26,27,28);6,9-12H,1-5,8,19H2,(H2,21,22,23,24). The van der Waals surface area contributed by atoms with Gasteiger partial charge in [-0.2, -0.15) is 10.5 Å². The molecule has 5 heterocycles. The molecule has 0 spiro atoms. The van der Waals surface area contributed by atoms with Crippen LogP contribution in [0.3, 0.4) is 0 Å². The molecule has 0 unspecified atom stereocenters. The van der Waals surface area contributed by atoms with Gasteiger partial charge >= 0.3 is 6.09 Å². The van der Waals surface area contributed by atoms with Crippen molar-refractivity contribution in [1.82, 2.24) is 34.8 Å². The Hall–Kier alpha value is -6.49. The van der Waals surface area contributed by atoms with Crippen molar-refractivity contribution in [2.75, 3.05) is 58.9 Å². The number of nitrogens with zero attached hydrogens (tertiary/aromatic N) is 9. The second-order valence-corrected chi connectivity index (χ2v) is 14.5. The molecule has 4 aromatic rings. The van der Waals surface area contributed by atoms with Gasteiger partial charge in [-0.3, -0.25) is 0 Å². The van der Waals surface area contributed by atoms with Gasteiger partial charge in [-0.05, 0) is 58.3 Å². The number of hydrogen-bond acceptors (Lipinski definition) is 16. The lowest BCUT2D eigenvalue weighted by Crippen LogP contribution is -2.42. The molecule has 1 amide bonds. The molecule has 8 N–H and O–H groups in total. The van der Waals surface area contributed by atoms with Crippen molar-refractivity contribution in [3.05, 3.63) is 60.7 Å². The first-order valence-electron chi connectivity index (χ1n) is 18.4. The third-order valence-corrected chi connectivity index (χ3v) is 9.07. The average Bonchev–Trinajstić information content (AvgIpc) is 3.19. The fourth-order valence-electron chi connectivity index (χ4n) is 6.08. The van der Waals surface area contributed by atoms with E-state index in [1.807, 2.05) is 45.0 Å². The van der Waals surface area contributed by atoms with Crippen LogP contribution < -0.4 is 32.7 Å². The number of likely N-dealkylation sites (tertiary alicyclic amines) is 1. The number of pyridine rings is 2. The smallest absolute Gasteiger partial charge is 0.410 e. The summed E-state index contributed by atoms with van der Waals surface area (Å²) in [4.78, 5) is 38.7. The molecule has 0 aromatic carbocycles. The summed E-state index contributed by atoms with van der Waals surface area (Å²) in [7, 11) is 0. The Balaban J connectivity index is 0.000000218. The number of carbonyl (C=O) groups excluding carboxylic acids is 1. The molecular weight excluding hydrogens is 699 g/mol. The summed E-state index contributed by atoms with van der Waals surface area (Å²) in [5.41, 5.74) is 14.9. The Kier molecular flexibility index (Phi) is 13.7. The van der Waals surface area contributed by atoms with Crippen molar-refractivity contribution >= 4 is 52.1 Å². The number of anilines is 8. The molecule has 1 saturated carbocycles. The van der Waals surface area contributed by atoms with Gasteiger partial charge < -0.3 is 42.4 Å². The van der Waals surface area contributed by atoms with E-state index in [2.05, 4.69) is 51.2 Å². The van der Waals surface area contributed by atoms with Crippen LogP contribution in [0.5, 0.6) is 0 Å². The van der Waals surface area contributed by atoms with Crippen LogP contribution in [-0.4, -0.2) is 72.7 Å². The minimum Gasteiger partial charge on any atom is -0.444 e. The van der Waals surface area contributed by atoms with E-state index in [0.29, 0.717) is 59.6 Å². The largest absolute Gasteiger partial charge is 0.444 e. The normalized spacial score (nSPS) is 14.7. The third kappa shape index (κ3) is 12.6. The number of amides is 1. The Morgan fingerprint density at radius 1 is 0.709 bits per heavy atom. The van der Waals surface area contributed by atoms with Crippen LogP contribution in [0, 0.1) is 34.5 Å². The number of carbonyl (C=O) groups is 1. The zero-order valence-electron chi connectivity index (χ0n) is 31.5. The number of nitrogens with two attached hydrogens (primary N) is 2. The lowest BCUT2D eigenvalue weighted by Gasteiger charge is -2.33. The quantitative estimate of drug-likeness (QED) is 0.106. The highest BCUT2D eigenvalue weighted by molar-refractivity contribution is 5.71. The first kappa shape index (κ1) is 39.7. The number of nitrogens with one attached hydrogen (secondary N) is 4. The van der Waals surface area contributed by atoms with Gasteiger partial charge in [0.25, 0.3) is 0 Å². The number of nitrogen functional groups attached to an aromatic ring is 2. The second-order valence-electron chi connectivity index (χ2n) is 14.5. The highest BCUT2D eigenvalue weighted by Crippen LogP contribution is 2.28. The fourth-order valence-corrected chi connectivity index (χ4v) is 6.08. The first-order valence-corrected chi connectivity index (χ1v) is 18.4. The van der Waals surface area contributed by atoms with E-state index in [0.717, 1.165) is 37.3 Å².